The molecule has 1 aromatic carbocycles. The maximum atomic E-state index is 6.59. The van der Waals surface area contributed by atoms with E-state index in [4.69, 9.17) is 5.73 Å². The third-order valence-corrected chi connectivity index (χ3v) is 5.37. The molecule has 1 nitrogen and oxygen atoms in total. The van der Waals surface area contributed by atoms with Gasteiger partial charge in [0.1, 0.15) is 0 Å². The summed E-state index contributed by atoms with van der Waals surface area (Å²) in [6, 6.07) is 11.3. The average molecular weight is 243 g/mol. The minimum absolute atomic E-state index is 0.410. The molecule has 0 heterocycles. The van der Waals surface area contributed by atoms with Gasteiger partial charge in [0.25, 0.3) is 0 Å². The van der Waals surface area contributed by atoms with Crippen LogP contribution in [0.2, 0.25) is 0 Å². The quantitative estimate of drug-likeness (QED) is 0.855. The predicted octanol–water partition coefficient (Wildman–Crippen LogP) is 3.94. The van der Waals surface area contributed by atoms with Crippen LogP contribution in [0.25, 0.3) is 0 Å². The smallest absolute Gasteiger partial charge is 0.0107 e. The maximum absolute atomic E-state index is 6.59. The normalized spacial score (nSPS) is 35.4. The second kappa shape index (κ2) is 4.38. The van der Waals surface area contributed by atoms with E-state index in [9.17, 15) is 0 Å². The Labute approximate surface area is 111 Å². The van der Waals surface area contributed by atoms with Crippen molar-refractivity contribution < 1.29 is 0 Å². The highest BCUT2D eigenvalue weighted by Gasteiger charge is 2.49. The molecule has 0 bridgehead atoms. The van der Waals surface area contributed by atoms with E-state index in [1.165, 1.54) is 31.2 Å². The van der Waals surface area contributed by atoms with Gasteiger partial charge in [-0.3, -0.25) is 0 Å². The first-order valence-electron chi connectivity index (χ1n) is 7.40. The van der Waals surface area contributed by atoms with Crippen molar-refractivity contribution in [2.24, 2.45) is 23.0 Å². The van der Waals surface area contributed by atoms with E-state index in [2.05, 4.69) is 44.2 Å². The second-order valence-corrected chi connectivity index (χ2v) is 6.98. The van der Waals surface area contributed by atoms with E-state index in [1.807, 2.05) is 0 Å². The van der Waals surface area contributed by atoms with Gasteiger partial charge in [0, 0.05) is 6.04 Å². The molecule has 2 saturated carbocycles. The SMILES string of the molecule is CC1(C)CCCC1C(N)C1CC1c1ccccc1. The summed E-state index contributed by atoms with van der Waals surface area (Å²) in [5.41, 5.74) is 8.54. The van der Waals surface area contributed by atoms with Gasteiger partial charge in [0.15, 0.2) is 0 Å². The fourth-order valence-corrected chi connectivity index (χ4v) is 4.09. The minimum Gasteiger partial charge on any atom is -0.327 e. The summed E-state index contributed by atoms with van der Waals surface area (Å²) < 4.78 is 0. The van der Waals surface area contributed by atoms with Crippen LogP contribution in [0.5, 0.6) is 0 Å². The van der Waals surface area contributed by atoms with Gasteiger partial charge in [-0.2, -0.15) is 0 Å². The van der Waals surface area contributed by atoms with E-state index >= 15 is 0 Å². The van der Waals surface area contributed by atoms with Crippen LogP contribution in [0.1, 0.15) is 51.0 Å². The van der Waals surface area contributed by atoms with Crippen LogP contribution >= 0.6 is 0 Å². The van der Waals surface area contributed by atoms with Crippen molar-refractivity contribution in [3.63, 3.8) is 0 Å². The summed E-state index contributed by atoms with van der Waals surface area (Å²) in [5.74, 6) is 2.20. The summed E-state index contributed by atoms with van der Waals surface area (Å²) >= 11 is 0. The Bertz CT molecular complexity index is 409. The standard InChI is InChI=1S/C17H25N/c1-17(2)10-6-9-15(17)16(18)14-11-13(14)12-7-4-3-5-8-12/h3-5,7-8,13-16H,6,9-11,18H2,1-2H3. The van der Waals surface area contributed by atoms with E-state index < -0.39 is 0 Å². The van der Waals surface area contributed by atoms with Crippen molar-refractivity contribution >= 4 is 0 Å². The molecule has 4 atom stereocenters. The molecule has 2 aliphatic rings. The van der Waals surface area contributed by atoms with Crippen molar-refractivity contribution in [3.05, 3.63) is 35.9 Å². The van der Waals surface area contributed by atoms with Gasteiger partial charge in [-0.05, 0) is 48.0 Å². The zero-order chi connectivity index (χ0) is 12.8. The van der Waals surface area contributed by atoms with Gasteiger partial charge in [-0.25, -0.2) is 0 Å². The molecule has 0 amide bonds. The molecule has 0 aliphatic heterocycles. The number of hydrogen-bond donors (Lipinski definition) is 1. The molecule has 2 fully saturated rings. The highest BCUT2D eigenvalue weighted by molar-refractivity contribution is 5.27. The number of nitrogens with two attached hydrogens (primary N) is 1. The summed E-state index contributed by atoms with van der Waals surface area (Å²) in [4.78, 5) is 0. The van der Waals surface area contributed by atoms with Crippen LogP contribution in [-0.4, -0.2) is 6.04 Å². The number of hydrogen-bond acceptors (Lipinski definition) is 1. The predicted molar refractivity (Wildman–Crippen MR) is 76.4 cm³/mol. The van der Waals surface area contributed by atoms with Gasteiger partial charge < -0.3 is 5.73 Å². The van der Waals surface area contributed by atoms with Gasteiger partial charge in [-0.15, -0.1) is 0 Å². The van der Waals surface area contributed by atoms with Crippen molar-refractivity contribution in [3.8, 4) is 0 Å². The van der Waals surface area contributed by atoms with E-state index in [0.29, 0.717) is 11.5 Å². The lowest BCUT2D eigenvalue weighted by Crippen LogP contribution is -2.38. The first kappa shape index (κ1) is 12.2. The molecule has 1 heteroatoms. The number of benzene rings is 1. The Morgan fingerprint density at radius 3 is 2.56 bits per heavy atom. The third kappa shape index (κ3) is 2.09. The Morgan fingerprint density at radius 1 is 1.22 bits per heavy atom. The monoisotopic (exact) mass is 243 g/mol. The molecular weight excluding hydrogens is 218 g/mol. The molecule has 2 aliphatic carbocycles. The highest BCUT2D eigenvalue weighted by atomic mass is 14.7. The molecule has 2 N–H and O–H groups in total. The molecule has 0 aromatic heterocycles. The molecule has 0 radical (unpaired) electrons. The van der Waals surface area contributed by atoms with Crippen LogP contribution in [-0.2, 0) is 0 Å². The summed E-state index contributed by atoms with van der Waals surface area (Å²) in [6.07, 6.45) is 5.37. The van der Waals surface area contributed by atoms with Gasteiger partial charge in [-0.1, -0.05) is 50.6 Å². The van der Waals surface area contributed by atoms with Crippen LogP contribution < -0.4 is 5.73 Å². The van der Waals surface area contributed by atoms with Crippen LogP contribution in [0, 0.1) is 17.3 Å². The molecule has 98 valence electrons. The lowest BCUT2D eigenvalue weighted by molar-refractivity contribution is 0.206. The summed E-state index contributed by atoms with van der Waals surface area (Å²) in [6.45, 7) is 4.81. The van der Waals surface area contributed by atoms with Crippen molar-refractivity contribution in [2.45, 2.75) is 51.5 Å². The Kier molecular flexibility index (Phi) is 2.97. The van der Waals surface area contributed by atoms with Crippen molar-refractivity contribution in [1.29, 1.82) is 0 Å². The first-order valence-corrected chi connectivity index (χ1v) is 7.40. The van der Waals surface area contributed by atoms with E-state index in [0.717, 1.165) is 17.8 Å². The second-order valence-electron chi connectivity index (χ2n) is 6.98. The summed E-state index contributed by atoms with van der Waals surface area (Å²) in [7, 11) is 0. The topological polar surface area (TPSA) is 26.0 Å². The van der Waals surface area contributed by atoms with Gasteiger partial charge in [0.05, 0.1) is 0 Å². The van der Waals surface area contributed by atoms with Crippen LogP contribution in [0.15, 0.2) is 30.3 Å². The Morgan fingerprint density at radius 2 is 1.94 bits per heavy atom. The molecule has 4 unspecified atom stereocenters. The lowest BCUT2D eigenvalue weighted by atomic mass is 9.76. The average Bonchev–Trinajstić information content (AvgIpc) is 3.08. The molecule has 1 aromatic rings. The minimum atomic E-state index is 0.410. The van der Waals surface area contributed by atoms with Gasteiger partial charge in [0.2, 0.25) is 0 Å². The van der Waals surface area contributed by atoms with Gasteiger partial charge >= 0.3 is 0 Å². The molecule has 3 rings (SSSR count). The van der Waals surface area contributed by atoms with Crippen molar-refractivity contribution in [1.82, 2.24) is 0 Å². The summed E-state index contributed by atoms with van der Waals surface area (Å²) in [5, 5.41) is 0. The molecular formula is C17H25N. The Hall–Kier alpha value is -0.820. The molecule has 18 heavy (non-hydrogen) atoms. The number of rotatable bonds is 3. The zero-order valence-electron chi connectivity index (χ0n) is 11.6. The van der Waals surface area contributed by atoms with E-state index in [-0.39, 0.29) is 0 Å². The van der Waals surface area contributed by atoms with Crippen LogP contribution in [0.4, 0.5) is 0 Å². The molecule has 0 spiro atoms. The largest absolute Gasteiger partial charge is 0.327 e. The van der Waals surface area contributed by atoms with Crippen LogP contribution in [0.3, 0.4) is 0 Å². The molecule has 0 saturated heterocycles. The third-order valence-electron chi connectivity index (χ3n) is 5.37. The zero-order valence-corrected chi connectivity index (χ0v) is 11.6. The van der Waals surface area contributed by atoms with E-state index in [1.54, 1.807) is 0 Å². The highest BCUT2D eigenvalue weighted by Crippen LogP contribution is 2.55. The fourth-order valence-electron chi connectivity index (χ4n) is 4.09. The fraction of sp³-hybridized carbons (Fsp3) is 0.647. The lowest BCUT2D eigenvalue weighted by Gasteiger charge is -2.32. The Balaban J connectivity index is 1.68. The van der Waals surface area contributed by atoms with Crippen molar-refractivity contribution in [2.75, 3.05) is 0 Å². The first-order chi connectivity index (χ1) is 8.59. The maximum Gasteiger partial charge on any atom is 0.0107 e.